The maximum atomic E-state index is 14.0. The van der Waals surface area contributed by atoms with Crippen molar-refractivity contribution in [2.24, 2.45) is 0 Å². The van der Waals surface area contributed by atoms with E-state index in [2.05, 4.69) is 0 Å². The van der Waals surface area contributed by atoms with Gasteiger partial charge in [-0.2, -0.15) is 0 Å². The van der Waals surface area contributed by atoms with Crippen LogP contribution in [0.25, 0.3) is 6.08 Å². The summed E-state index contributed by atoms with van der Waals surface area (Å²) < 4.78 is 24.5. The first-order valence-electron chi connectivity index (χ1n) is 8.95. The number of thioether (sulfide) groups is 1. The third kappa shape index (κ3) is 5.00. The standard InChI is InChI=1S/C21H17ClFNO6S/c1-11(20(26)27)30-16-7-6-12(8-17(16)29-2)9-18-19(25)24(21(28)31-18)10-13-14(22)4-3-5-15(13)23/h3-9,11H,10H2,1-2H3,(H,26,27)/p-1/b18-9+/t11-/m0/s1. The van der Waals surface area contributed by atoms with Crippen molar-refractivity contribution < 1.29 is 33.4 Å². The number of hydrogen-bond acceptors (Lipinski definition) is 7. The third-order valence-corrected chi connectivity index (χ3v) is 5.63. The molecule has 10 heteroatoms. The van der Waals surface area contributed by atoms with Crippen LogP contribution in [0.3, 0.4) is 0 Å². The van der Waals surface area contributed by atoms with Gasteiger partial charge in [-0.25, -0.2) is 4.39 Å². The van der Waals surface area contributed by atoms with Crippen molar-refractivity contribution in [3.8, 4) is 11.5 Å². The summed E-state index contributed by atoms with van der Waals surface area (Å²) in [7, 11) is 1.38. The quantitative estimate of drug-likeness (QED) is 0.580. The van der Waals surface area contributed by atoms with E-state index in [9.17, 15) is 23.9 Å². The number of nitrogens with zero attached hydrogens (tertiary/aromatic N) is 1. The van der Waals surface area contributed by atoms with Gasteiger partial charge in [0.15, 0.2) is 11.5 Å². The Morgan fingerprint density at radius 2 is 2.03 bits per heavy atom. The van der Waals surface area contributed by atoms with Gasteiger partial charge >= 0.3 is 0 Å². The largest absolute Gasteiger partial charge is 0.546 e. The summed E-state index contributed by atoms with van der Waals surface area (Å²) >= 11 is 6.71. The summed E-state index contributed by atoms with van der Waals surface area (Å²) in [5, 5.41) is 10.4. The zero-order valence-electron chi connectivity index (χ0n) is 16.4. The second-order valence-electron chi connectivity index (χ2n) is 6.46. The molecule has 0 bridgehead atoms. The van der Waals surface area contributed by atoms with Gasteiger partial charge in [0.05, 0.1) is 24.5 Å². The summed E-state index contributed by atoms with van der Waals surface area (Å²) in [6.07, 6.45) is 0.281. The number of amides is 2. The average Bonchev–Trinajstić information content (AvgIpc) is 2.98. The second kappa shape index (κ2) is 9.40. The first-order valence-corrected chi connectivity index (χ1v) is 10.1. The molecule has 1 aliphatic rings. The van der Waals surface area contributed by atoms with E-state index in [0.717, 1.165) is 4.90 Å². The van der Waals surface area contributed by atoms with Crippen molar-refractivity contribution in [2.75, 3.05) is 7.11 Å². The molecule has 0 aliphatic carbocycles. The number of ether oxygens (including phenoxy) is 2. The van der Waals surface area contributed by atoms with Gasteiger partial charge in [-0.15, -0.1) is 0 Å². The predicted octanol–water partition coefficient (Wildman–Crippen LogP) is 3.24. The normalized spacial score (nSPS) is 16.0. The van der Waals surface area contributed by atoms with E-state index in [-0.39, 0.29) is 33.5 Å². The average molecular weight is 465 g/mol. The van der Waals surface area contributed by atoms with Crippen molar-refractivity contribution >= 4 is 46.6 Å². The van der Waals surface area contributed by atoms with Gasteiger partial charge in [-0.3, -0.25) is 14.5 Å². The highest BCUT2D eigenvalue weighted by molar-refractivity contribution is 8.18. The molecule has 0 unspecified atom stereocenters. The number of hydrogen-bond donors (Lipinski definition) is 0. The van der Waals surface area contributed by atoms with E-state index in [1.54, 1.807) is 6.07 Å². The van der Waals surface area contributed by atoms with Crippen molar-refractivity contribution in [3.05, 3.63) is 63.3 Å². The molecule has 162 valence electrons. The van der Waals surface area contributed by atoms with Crippen LogP contribution in [0, 0.1) is 5.82 Å². The summed E-state index contributed by atoms with van der Waals surface area (Å²) in [6.45, 7) is 1.03. The summed E-state index contributed by atoms with van der Waals surface area (Å²) in [6, 6.07) is 8.69. The molecule has 0 spiro atoms. The lowest BCUT2D eigenvalue weighted by Crippen LogP contribution is -2.37. The van der Waals surface area contributed by atoms with Gasteiger partial charge in [0.2, 0.25) is 0 Å². The Labute approximate surface area is 186 Å². The van der Waals surface area contributed by atoms with Crippen LogP contribution in [0.15, 0.2) is 41.3 Å². The van der Waals surface area contributed by atoms with Gasteiger partial charge in [0, 0.05) is 10.6 Å². The monoisotopic (exact) mass is 464 g/mol. The minimum atomic E-state index is -1.38. The van der Waals surface area contributed by atoms with E-state index < -0.39 is 29.0 Å². The van der Waals surface area contributed by atoms with Crippen LogP contribution in [-0.4, -0.2) is 35.2 Å². The molecular formula is C21H16ClFNO6S-. The lowest BCUT2D eigenvalue weighted by atomic mass is 10.1. The molecule has 0 N–H and O–H groups in total. The summed E-state index contributed by atoms with van der Waals surface area (Å²) in [5.74, 6) is -2.16. The number of carbonyl (C=O) groups excluding carboxylic acids is 3. The van der Waals surface area contributed by atoms with Crippen molar-refractivity contribution in [2.45, 2.75) is 19.6 Å². The number of carbonyl (C=O) groups is 3. The maximum Gasteiger partial charge on any atom is 0.293 e. The van der Waals surface area contributed by atoms with Crippen LogP contribution >= 0.6 is 23.4 Å². The van der Waals surface area contributed by atoms with Crippen LogP contribution in [-0.2, 0) is 16.1 Å². The molecule has 1 saturated heterocycles. The minimum Gasteiger partial charge on any atom is -0.546 e. The molecule has 1 aliphatic heterocycles. The van der Waals surface area contributed by atoms with E-state index in [4.69, 9.17) is 21.1 Å². The zero-order chi connectivity index (χ0) is 22.7. The number of rotatable bonds is 7. The maximum absolute atomic E-state index is 14.0. The van der Waals surface area contributed by atoms with Gasteiger partial charge < -0.3 is 19.4 Å². The number of carboxylic acids is 1. The lowest BCUT2D eigenvalue weighted by molar-refractivity contribution is -0.312. The molecule has 1 heterocycles. The Hall–Kier alpha value is -3.04. The van der Waals surface area contributed by atoms with E-state index in [1.807, 2.05) is 0 Å². The van der Waals surface area contributed by atoms with E-state index in [1.165, 1.54) is 50.4 Å². The second-order valence-corrected chi connectivity index (χ2v) is 7.86. The van der Waals surface area contributed by atoms with Crippen molar-refractivity contribution in [3.63, 3.8) is 0 Å². The van der Waals surface area contributed by atoms with Crippen LogP contribution in [0.1, 0.15) is 18.1 Å². The molecule has 0 radical (unpaired) electrons. The van der Waals surface area contributed by atoms with Gasteiger partial charge in [-0.1, -0.05) is 23.7 Å². The molecule has 2 amide bonds. The molecule has 1 atom stereocenters. The number of benzene rings is 2. The van der Waals surface area contributed by atoms with Crippen LogP contribution in [0.5, 0.6) is 11.5 Å². The summed E-state index contributed by atoms with van der Waals surface area (Å²) in [4.78, 5) is 37.0. The van der Waals surface area contributed by atoms with E-state index >= 15 is 0 Å². The van der Waals surface area contributed by atoms with Gasteiger partial charge in [-0.05, 0) is 54.6 Å². The molecule has 3 rings (SSSR count). The van der Waals surface area contributed by atoms with Crippen molar-refractivity contribution in [1.29, 1.82) is 0 Å². The van der Waals surface area contributed by atoms with Crippen LogP contribution in [0.2, 0.25) is 5.02 Å². The first kappa shape index (κ1) is 22.6. The summed E-state index contributed by atoms with van der Waals surface area (Å²) in [5.41, 5.74) is 0.567. The highest BCUT2D eigenvalue weighted by Gasteiger charge is 2.36. The van der Waals surface area contributed by atoms with Gasteiger partial charge in [0.1, 0.15) is 11.9 Å². The topological polar surface area (TPSA) is 96.0 Å². The number of aliphatic carboxylic acids is 1. The lowest BCUT2D eigenvalue weighted by Gasteiger charge is -2.17. The Kier molecular flexibility index (Phi) is 6.87. The van der Waals surface area contributed by atoms with Gasteiger partial charge in [0.25, 0.3) is 11.1 Å². The minimum absolute atomic E-state index is 0.0536. The number of methoxy groups -OCH3 is 1. The SMILES string of the molecule is COc1cc(/C=C2/SC(=O)N(Cc3c(F)cccc3Cl)C2=O)ccc1O[C@@H](C)C(=O)[O-]. The Balaban J connectivity index is 1.83. The van der Waals surface area contributed by atoms with Crippen LogP contribution < -0.4 is 14.6 Å². The molecule has 2 aromatic rings. The number of imide groups is 1. The van der Waals surface area contributed by atoms with E-state index in [0.29, 0.717) is 17.3 Å². The smallest absolute Gasteiger partial charge is 0.293 e. The fourth-order valence-corrected chi connectivity index (χ4v) is 3.80. The fraction of sp³-hybridized carbons (Fsp3) is 0.190. The molecule has 0 saturated carbocycles. The molecule has 0 aromatic heterocycles. The molecule has 1 fully saturated rings. The highest BCUT2D eigenvalue weighted by atomic mass is 35.5. The Morgan fingerprint density at radius 3 is 2.68 bits per heavy atom. The van der Waals surface area contributed by atoms with Crippen molar-refractivity contribution in [1.82, 2.24) is 4.90 Å². The predicted molar refractivity (Wildman–Crippen MR) is 111 cm³/mol. The molecule has 2 aromatic carbocycles. The number of halogens is 2. The Bertz CT molecular complexity index is 1070. The zero-order valence-corrected chi connectivity index (χ0v) is 18.0. The molecule has 7 nitrogen and oxygen atoms in total. The first-order chi connectivity index (χ1) is 14.7. The fourth-order valence-electron chi connectivity index (χ4n) is 2.74. The highest BCUT2D eigenvalue weighted by Crippen LogP contribution is 2.36. The molecular weight excluding hydrogens is 449 g/mol. The molecule has 31 heavy (non-hydrogen) atoms. The number of carboxylic acid groups (broad SMARTS) is 1. The Morgan fingerprint density at radius 1 is 1.29 bits per heavy atom. The third-order valence-electron chi connectivity index (χ3n) is 4.37. The van der Waals surface area contributed by atoms with Crippen LogP contribution in [0.4, 0.5) is 9.18 Å².